The topological polar surface area (TPSA) is 40.5 Å². The summed E-state index contributed by atoms with van der Waals surface area (Å²) in [5.41, 5.74) is 1.28. The van der Waals surface area contributed by atoms with E-state index in [9.17, 15) is 0 Å². The molecule has 2 nitrogen and oxygen atoms in total. The summed E-state index contributed by atoms with van der Waals surface area (Å²) in [6, 6.07) is 3.41. The van der Waals surface area contributed by atoms with Crippen LogP contribution in [-0.4, -0.2) is 17.2 Å². The Labute approximate surface area is 84.4 Å². The van der Waals surface area contributed by atoms with Gasteiger partial charge >= 0.3 is 7.12 Å². The average molecular weight is 249 g/mol. The van der Waals surface area contributed by atoms with Crippen molar-refractivity contribution >= 4 is 40.1 Å². The van der Waals surface area contributed by atoms with Crippen molar-refractivity contribution in [3.63, 3.8) is 0 Å². The highest BCUT2D eigenvalue weighted by atomic mass is 79.9. The van der Waals surface area contributed by atoms with Crippen molar-refractivity contribution in [3.05, 3.63) is 27.2 Å². The average Bonchev–Trinajstić information content (AvgIpc) is 1.96. The molecule has 0 aromatic heterocycles. The fourth-order valence-electron chi connectivity index (χ4n) is 0.939. The van der Waals surface area contributed by atoms with Crippen molar-refractivity contribution in [2.75, 3.05) is 0 Å². The zero-order valence-electron chi connectivity index (χ0n) is 6.38. The number of rotatable bonds is 1. The lowest BCUT2D eigenvalue weighted by atomic mass is 9.80. The number of hydrogen-bond donors (Lipinski definition) is 2. The first kappa shape index (κ1) is 10.1. The van der Waals surface area contributed by atoms with Crippen molar-refractivity contribution in [1.29, 1.82) is 0 Å². The third kappa shape index (κ3) is 2.01. The van der Waals surface area contributed by atoms with Crippen LogP contribution in [0.15, 0.2) is 16.6 Å². The summed E-state index contributed by atoms with van der Waals surface area (Å²) < 4.78 is 0.532. The van der Waals surface area contributed by atoms with E-state index < -0.39 is 7.12 Å². The van der Waals surface area contributed by atoms with Gasteiger partial charge in [0, 0.05) is 4.47 Å². The zero-order chi connectivity index (χ0) is 9.30. The SMILES string of the molecule is Cc1cc(Cl)c(Br)c(B(O)O)c1. The van der Waals surface area contributed by atoms with Gasteiger partial charge in [-0.15, -0.1) is 0 Å². The lowest BCUT2D eigenvalue weighted by molar-refractivity contribution is 0.425. The highest BCUT2D eigenvalue weighted by Crippen LogP contribution is 2.21. The van der Waals surface area contributed by atoms with Gasteiger partial charge in [-0.25, -0.2) is 0 Å². The van der Waals surface area contributed by atoms with Crippen molar-refractivity contribution in [2.24, 2.45) is 0 Å². The van der Waals surface area contributed by atoms with Crippen LogP contribution >= 0.6 is 27.5 Å². The summed E-state index contributed by atoms with van der Waals surface area (Å²) in [6.45, 7) is 1.84. The predicted molar refractivity (Wildman–Crippen MR) is 53.7 cm³/mol. The molecule has 0 atom stereocenters. The second-order valence-electron chi connectivity index (χ2n) is 2.52. The Balaban J connectivity index is 3.28. The molecular formula is C7H7BBrClO2. The van der Waals surface area contributed by atoms with Crippen molar-refractivity contribution in [2.45, 2.75) is 6.92 Å². The van der Waals surface area contributed by atoms with Crippen LogP contribution in [0.4, 0.5) is 0 Å². The Morgan fingerprint density at radius 1 is 1.42 bits per heavy atom. The lowest BCUT2D eigenvalue weighted by Crippen LogP contribution is -2.31. The molecule has 1 rings (SSSR count). The molecule has 0 spiro atoms. The summed E-state index contributed by atoms with van der Waals surface area (Å²) in [6.07, 6.45) is 0. The third-order valence-electron chi connectivity index (χ3n) is 1.48. The smallest absolute Gasteiger partial charge is 0.423 e. The maximum absolute atomic E-state index is 8.92. The molecule has 0 aliphatic rings. The van der Waals surface area contributed by atoms with Gasteiger partial charge in [-0.1, -0.05) is 17.7 Å². The summed E-state index contributed by atoms with van der Waals surface area (Å²) >= 11 is 8.96. The fraction of sp³-hybridized carbons (Fsp3) is 0.143. The largest absolute Gasteiger partial charge is 0.489 e. The van der Waals surface area contributed by atoms with E-state index in [0.29, 0.717) is 15.0 Å². The van der Waals surface area contributed by atoms with Crippen LogP contribution in [0.25, 0.3) is 0 Å². The van der Waals surface area contributed by atoms with Gasteiger partial charge in [-0.3, -0.25) is 0 Å². The number of benzene rings is 1. The van der Waals surface area contributed by atoms with E-state index in [1.165, 1.54) is 0 Å². The van der Waals surface area contributed by atoms with Gasteiger partial charge in [0.25, 0.3) is 0 Å². The molecule has 0 saturated heterocycles. The molecule has 0 amide bonds. The number of aryl methyl sites for hydroxylation is 1. The minimum Gasteiger partial charge on any atom is -0.423 e. The Kier molecular flexibility index (Phi) is 3.18. The van der Waals surface area contributed by atoms with Crippen molar-refractivity contribution in [1.82, 2.24) is 0 Å². The normalized spacial score (nSPS) is 10.1. The Morgan fingerprint density at radius 3 is 2.50 bits per heavy atom. The van der Waals surface area contributed by atoms with E-state index in [0.717, 1.165) is 5.56 Å². The molecule has 0 aliphatic carbocycles. The molecule has 0 saturated carbocycles. The summed E-state index contributed by atoms with van der Waals surface area (Å²) in [4.78, 5) is 0. The minimum atomic E-state index is -1.49. The van der Waals surface area contributed by atoms with Crippen LogP contribution < -0.4 is 5.46 Å². The molecular weight excluding hydrogens is 242 g/mol. The fourth-order valence-corrected chi connectivity index (χ4v) is 1.65. The molecule has 5 heteroatoms. The summed E-state index contributed by atoms with van der Waals surface area (Å²) in [5.74, 6) is 0. The van der Waals surface area contributed by atoms with Gasteiger partial charge in [0.15, 0.2) is 0 Å². The monoisotopic (exact) mass is 248 g/mol. The molecule has 0 aliphatic heterocycles. The van der Waals surface area contributed by atoms with Gasteiger partial charge in [-0.2, -0.15) is 0 Å². The molecule has 12 heavy (non-hydrogen) atoms. The van der Waals surface area contributed by atoms with Gasteiger partial charge in [0.05, 0.1) is 5.02 Å². The Hall–Kier alpha value is -0.0251. The molecule has 0 radical (unpaired) electrons. The van der Waals surface area contributed by atoms with Crippen molar-refractivity contribution in [3.8, 4) is 0 Å². The van der Waals surface area contributed by atoms with E-state index in [-0.39, 0.29) is 0 Å². The van der Waals surface area contributed by atoms with Gasteiger partial charge < -0.3 is 10.0 Å². The van der Waals surface area contributed by atoms with Crippen LogP contribution in [-0.2, 0) is 0 Å². The zero-order valence-corrected chi connectivity index (χ0v) is 8.72. The Morgan fingerprint density at radius 2 is 2.00 bits per heavy atom. The van der Waals surface area contributed by atoms with E-state index in [1.807, 2.05) is 6.92 Å². The molecule has 0 fully saturated rings. The quantitative estimate of drug-likeness (QED) is 0.731. The predicted octanol–water partition coefficient (Wildman–Crippen LogP) is 1.09. The van der Waals surface area contributed by atoms with E-state index >= 15 is 0 Å². The molecule has 0 heterocycles. The first-order valence-electron chi connectivity index (χ1n) is 3.34. The van der Waals surface area contributed by atoms with E-state index in [1.54, 1.807) is 12.1 Å². The van der Waals surface area contributed by atoms with Gasteiger partial charge in [-0.05, 0) is 39.9 Å². The summed E-state index contributed by atoms with van der Waals surface area (Å²) in [7, 11) is -1.49. The standard InChI is InChI=1S/C7H7BBrClO2/c1-4-2-5(8(11)12)7(9)6(10)3-4/h2-3,11-12H,1H3. The maximum atomic E-state index is 8.92. The Bertz CT molecular complexity index is 304. The minimum absolute atomic E-state index is 0.389. The van der Waals surface area contributed by atoms with Gasteiger partial charge in [0.1, 0.15) is 0 Å². The summed E-state index contributed by atoms with van der Waals surface area (Å²) in [5, 5.41) is 18.3. The first-order chi connectivity index (χ1) is 5.52. The highest BCUT2D eigenvalue weighted by molar-refractivity contribution is 9.10. The molecule has 0 bridgehead atoms. The maximum Gasteiger partial charge on any atom is 0.489 e. The lowest BCUT2D eigenvalue weighted by Gasteiger charge is -2.06. The van der Waals surface area contributed by atoms with Crippen LogP contribution in [0.5, 0.6) is 0 Å². The van der Waals surface area contributed by atoms with Crippen LogP contribution in [0.2, 0.25) is 5.02 Å². The first-order valence-corrected chi connectivity index (χ1v) is 4.51. The molecule has 1 aromatic carbocycles. The van der Waals surface area contributed by atoms with E-state index in [4.69, 9.17) is 21.6 Å². The third-order valence-corrected chi connectivity index (χ3v) is 2.89. The second kappa shape index (κ2) is 3.79. The van der Waals surface area contributed by atoms with Crippen LogP contribution in [0, 0.1) is 6.92 Å². The molecule has 1 aromatic rings. The number of halogens is 2. The van der Waals surface area contributed by atoms with Crippen molar-refractivity contribution < 1.29 is 10.0 Å². The van der Waals surface area contributed by atoms with Crippen LogP contribution in [0.1, 0.15) is 5.56 Å². The molecule has 0 unspecified atom stereocenters. The van der Waals surface area contributed by atoms with Crippen LogP contribution in [0.3, 0.4) is 0 Å². The van der Waals surface area contributed by atoms with E-state index in [2.05, 4.69) is 15.9 Å². The number of hydrogen-bond acceptors (Lipinski definition) is 2. The molecule has 64 valence electrons. The van der Waals surface area contributed by atoms with Gasteiger partial charge in [0.2, 0.25) is 0 Å². The second-order valence-corrected chi connectivity index (χ2v) is 3.72. The highest BCUT2D eigenvalue weighted by Gasteiger charge is 2.16. The molecule has 2 N–H and O–H groups in total.